The molecule has 20 heavy (non-hydrogen) atoms. The molecule has 0 radical (unpaired) electrons. The minimum absolute atomic E-state index is 0.937. The molecule has 0 spiro atoms. The summed E-state index contributed by atoms with van der Waals surface area (Å²) in [6.45, 7) is 6.41. The highest BCUT2D eigenvalue weighted by Gasteiger charge is 2.32. The number of nitrogens with zero attached hydrogens (tertiary/aromatic N) is 2. The zero-order chi connectivity index (χ0) is 13.7. The van der Waals surface area contributed by atoms with E-state index in [1.54, 1.807) is 0 Å². The number of amidine groups is 1. The minimum Gasteiger partial charge on any atom is -0.317 e. The van der Waals surface area contributed by atoms with Crippen LogP contribution in [0.25, 0.3) is 15.8 Å². The molecule has 2 nitrogen and oxygen atoms in total. The Morgan fingerprint density at radius 2 is 2.25 bits per heavy atom. The third-order valence-electron chi connectivity index (χ3n) is 3.85. The second kappa shape index (κ2) is 4.64. The van der Waals surface area contributed by atoms with Crippen molar-refractivity contribution in [2.45, 2.75) is 20.3 Å². The third-order valence-corrected chi connectivity index (χ3v) is 6.40. The van der Waals surface area contributed by atoms with Crippen LogP contribution in [0, 0.1) is 6.92 Å². The van der Waals surface area contributed by atoms with Crippen LogP contribution in [-0.2, 0) is 0 Å². The molecule has 0 unspecified atom stereocenters. The van der Waals surface area contributed by atoms with Crippen molar-refractivity contribution in [1.29, 1.82) is 0 Å². The summed E-state index contributed by atoms with van der Waals surface area (Å²) < 4.78 is 1.42. The molecule has 0 amide bonds. The largest absolute Gasteiger partial charge is 0.317 e. The smallest absolute Gasteiger partial charge is 0.168 e. The van der Waals surface area contributed by atoms with Crippen molar-refractivity contribution in [3.8, 4) is 0 Å². The zero-order valence-electron chi connectivity index (χ0n) is 11.6. The molecular formula is C16H16N2S2. The monoisotopic (exact) mass is 300 g/mol. The molecule has 4 rings (SSSR count). The van der Waals surface area contributed by atoms with Crippen LogP contribution in [0.5, 0.6) is 0 Å². The predicted molar refractivity (Wildman–Crippen MR) is 90.4 cm³/mol. The number of hydrogen-bond acceptors (Lipinski definition) is 4. The van der Waals surface area contributed by atoms with Crippen molar-refractivity contribution in [2.75, 3.05) is 13.1 Å². The summed E-state index contributed by atoms with van der Waals surface area (Å²) in [6, 6.07) is 8.91. The van der Waals surface area contributed by atoms with E-state index in [2.05, 4.69) is 48.0 Å². The third kappa shape index (κ3) is 1.75. The fourth-order valence-electron chi connectivity index (χ4n) is 2.87. The lowest BCUT2D eigenvalue weighted by atomic mass is 10.1. The molecule has 2 aromatic rings. The van der Waals surface area contributed by atoms with Gasteiger partial charge in [-0.15, -0.1) is 11.3 Å². The zero-order valence-corrected chi connectivity index (χ0v) is 13.3. The topological polar surface area (TPSA) is 15.6 Å². The van der Waals surface area contributed by atoms with Crippen molar-refractivity contribution in [1.82, 2.24) is 4.90 Å². The Balaban J connectivity index is 1.89. The number of hydrogen-bond donors (Lipinski definition) is 0. The van der Waals surface area contributed by atoms with Crippen molar-refractivity contribution >= 4 is 44.0 Å². The SMILES string of the molecule is CCC1=C(c2cc3cccc(C)c3s2)N2CCN=C2S1. The second-order valence-corrected chi connectivity index (χ2v) is 7.26. The Morgan fingerprint density at radius 3 is 3.05 bits per heavy atom. The van der Waals surface area contributed by atoms with Gasteiger partial charge in [0, 0.05) is 16.1 Å². The van der Waals surface area contributed by atoms with E-state index in [1.807, 2.05) is 23.1 Å². The number of allylic oxidation sites excluding steroid dienone is 1. The van der Waals surface area contributed by atoms with Gasteiger partial charge in [0.25, 0.3) is 0 Å². The summed E-state index contributed by atoms with van der Waals surface area (Å²) in [4.78, 5) is 9.88. The number of thiophene rings is 1. The van der Waals surface area contributed by atoms with Crippen LogP contribution in [0.15, 0.2) is 34.2 Å². The highest BCUT2D eigenvalue weighted by atomic mass is 32.2. The Kier molecular flexibility index (Phi) is 2.89. The molecule has 4 heteroatoms. The molecule has 0 fully saturated rings. The van der Waals surface area contributed by atoms with Gasteiger partial charge < -0.3 is 4.90 Å². The lowest BCUT2D eigenvalue weighted by Gasteiger charge is -2.15. The van der Waals surface area contributed by atoms with Crippen LogP contribution in [0.3, 0.4) is 0 Å². The summed E-state index contributed by atoms with van der Waals surface area (Å²) in [5, 5.41) is 2.56. The second-order valence-electron chi connectivity index (χ2n) is 5.15. The molecule has 102 valence electrons. The summed E-state index contributed by atoms with van der Waals surface area (Å²) in [7, 11) is 0. The average Bonchev–Trinajstić information content (AvgIpc) is 3.10. The number of aryl methyl sites for hydroxylation is 1. The van der Waals surface area contributed by atoms with Crippen molar-refractivity contribution in [2.24, 2.45) is 4.99 Å². The molecule has 2 aliphatic rings. The molecule has 0 aliphatic carbocycles. The summed E-state index contributed by atoms with van der Waals surface area (Å²) in [5.41, 5.74) is 2.78. The van der Waals surface area contributed by atoms with E-state index in [4.69, 9.17) is 0 Å². The first-order chi connectivity index (χ1) is 9.78. The Hall–Kier alpha value is -1.26. The fourth-order valence-corrected chi connectivity index (χ4v) is 5.27. The van der Waals surface area contributed by atoms with Gasteiger partial charge in [0.15, 0.2) is 5.17 Å². The first-order valence-electron chi connectivity index (χ1n) is 7.00. The van der Waals surface area contributed by atoms with E-state index in [0.717, 1.165) is 19.5 Å². The summed E-state index contributed by atoms with van der Waals surface area (Å²) in [5.74, 6) is 0. The number of aliphatic imine (C=N–C) groups is 1. The minimum atomic E-state index is 0.937. The molecule has 0 atom stereocenters. The number of fused-ring (bicyclic) bond motifs is 2. The van der Waals surface area contributed by atoms with Crippen LogP contribution in [0.2, 0.25) is 0 Å². The van der Waals surface area contributed by atoms with Crippen LogP contribution >= 0.6 is 23.1 Å². The van der Waals surface area contributed by atoms with Gasteiger partial charge in [-0.3, -0.25) is 4.99 Å². The number of rotatable bonds is 2. The Labute approximate surface area is 127 Å². The van der Waals surface area contributed by atoms with E-state index < -0.39 is 0 Å². The Bertz CT molecular complexity index is 755. The summed E-state index contributed by atoms with van der Waals surface area (Å²) >= 11 is 3.78. The summed E-state index contributed by atoms with van der Waals surface area (Å²) in [6.07, 6.45) is 1.09. The highest BCUT2D eigenvalue weighted by molar-refractivity contribution is 8.17. The maximum Gasteiger partial charge on any atom is 0.168 e. The van der Waals surface area contributed by atoms with Crippen LogP contribution < -0.4 is 0 Å². The van der Waals surface area contributed by atoms with E-state index >= 15 is 0 Å². The van der Waals surface area contributed by atoms with Crippen molar-refractivity contribution < 1.29 is 0 Å². The van der Waals surface area contributed by atoms with Gasteiger partial charge >= 0.3 is 0 Å². The normalized spacial score (nSPS) is 18.1. The maximum absolute atomic E-state index is 4.61. The van der Waals surface area contributed by atoms with Gasteiger partial charge in [0.05, 0.1) is 17.1 Å². The molecule has 3 heterocycles. The Morgan fingerprint density at radius 1 is 1.35 bits per heavy atom. The first kappa shape index (κ1) is 12.5. The van der Waals surface area contributed by atoms with Crippen molar-refractivity contribution in [3.63, 3.8) is 0 Å². The fraction of sp³-hybridized carbons (Fsp3) is 0.312. The van der Waals surface area contributed by atoms with Gasteiger partial charge in [0.2, 0.25) is 0 Å². The molecule has 0 N–H and O–H groups in total. The van der Waals surface area contributed by atoms with Crippen LogP contribution in [0.4, 0.5) is 0 Å². The number of thioether (sulfide) groups is 1. The van der Waals surface area contributed by atoms with Crippen LogP contribution in [0.1, 0.15) is 23.8 Å². The van der Waals surface area contributed by atoms with Gasteiger partial charge in [-0.2, -0.15) is 0 Å². The average molecular weight is 300 g/mol. The molecule has 0 saturated heterocycles. The lowest BCUT2D eigenvalue weighted by Crippen LogP contribution is -2.19. The van der Waals surface area contributed by atoms with Gasteiger partial charge in [-0.25, -0.2) is 0 Å². The molecule has 0 bridgehead atoms. The van der Waals surface area contributed by atoms with E-state index in [0.29, 0.717) is 0 Å². The van der Waals surface area contributed by atoms with Gasteiger partial charge in [-0.1, -0.05) is 36.9 Å². The molecule has 2 aliphatic heterocycles. The van der Waals surface area contributed by atoms with E-state index in [-0.39, 0.29) is 0 Å². The van der Waals surface area contributed by atoms with Crippen LogP contribution in [-0.4, -0.2) is 23.2 Å². The van der Waals surface area contributed by atoms with Crippen molar-refractivity contribution in [3.05, 3.63) is 39.6 Å². The maximum atomic E-state index is 4.61. The van der Waals surface area contributed by atoms with E-state index in [1.165, 1.54) is 36.3 Å². The molecule has 0 saturated carbocycles. The molecule has 1 aromatic carbocycles. The highest BCUT2D eigenvalue weighted by Crippen LogP contribution is 2.46. The standard InChI is InChI=1S/C16H16N2S2/c1-3-12-14(18-8-7-17-16(18)20-12)13-9-11-6-4-5-10(2)15(11)19-13/h4-6,9H,3,7-8H2,1-2H3. The number of benzene rings is 1. The van der Waals surface area contributed by atoms with Gasteiger partial charge in [0.1, 0.15) is 0 Å². The van der Waals surface area contributed by atoms with E-state index in [9.17, 15) is 0 Å². The first-order valence-corrected chi connectivity index (χ1v) is 8.63. The predicted octanol–water partition coefficient (Wildman–Crippen LogP) is 4.71. The molecular weight excluding hydrogens is 284 g/mol. The quantitative estimate of drug-likeness (QED) is 0.798. The lowest BCUT2D eigenvalue weighted by molar-refractivity contribution is 0.648. The van der Waals surface area contributed by atoms with Gasteiger partial charge in [-0.05, 0) is 30.4 Å². The molecule has 1 aromatic heterocycles.